The summed E-state index contributed by atoms with van der Waals surface area (Å²) in [5.41, 5.74) is 0.646. The van der Waals surface area contributed by atoms with Crippen LogP contribution < -0.4 is 5.32 Å². The minimum atomic E-state index is -0.497. The fourth-order valence-corrected chi connectivity index (χ4v) is 3.03. The molecule has 2 N–H and O–H groups in total. The van der Waals surface area contributed by atoms with E-state index in [4.69, 9.17) is 0 Å². The summed E-state index contributed by atoms with van der Waals surface area (Å²) in [5.74, 6) is 1.93. The van der Waals surface area contributed by atoms with E-state index < -0.39 is 5.60 Å². The van der Waals surface area contributed by atoms with Gasteiger partial charge < -0.3 is 10.4 Å². The number of aromatic nitrogens is 2. The monoisotopic (exact) mass is 227 g/mol. The molecule has 0 spiro atoms. The summed E-state index contributed by atoms with van der Waals surface area (Å²) in [7, 11) is 1.93. The zero-order valence-corrected chi connectivity index (χ0v) is 9.76. The number of aliphatic hydroxyl groups is 1. The Kier molecular flexibility index (Phi) is 3.33. The standard InChI is InChI=1S/C10H17N3OS/c1-13-9(2-4-12-13)6-11-7-10(14)3-5-15-8-10/h2,4,11,14H,3,5-8H2,1H3. The molecule has 1 aromatic heterocycles. The molecule has 1 saturated heterocycles. The van der Waals surface area contributed by atoms with Gasteiger partial charge in [0.25, 0.3) is 0 Å². The molecule has 1 atom stereocenters. The van der Waals surface area contributed by atoms with Crippen molar-refractivity contribution >= 4 is 11.8 Å². The van der Waals surface area contributed by atoms with Crippen molar-refractivity contribution in [1.82, 2.24) is 15.1 Å². The number of nitrogens with one attached hydrogen (secondary N) is 1. The zero-order valence-electron chi connectivity index (χ0n) is 8.94. The maximum atomic E-state index is 10.1. The third-order valence-electron chi connectivity index (χ3n) is 2.77. The lowest BCUT2D eigenvalue weighted by molar-refractivity contribution is 0.0673. The van der Waals surface area contributed by atoms with E-state index in [1.165, 1.54) is 0 Å². The van der Waals surface area contributed by atoms with Crippen LogP contribution in [0.15, 0.2) is 12.3 Å². The molecule has 0 radical (unpaired) electrons. The van der Waals surface area contributed by atoms with Gasteiger partial charge in [-0.15, -0.1) is 0 Å². The summed E-state index contributed by atoms with van der Waals surface area (Å²) in [4.78, 5) is 0. The van der Waals surface area contributed by atoms with Crippen molar-refractivity contribution in [2.45, 2.75) is 18.6 Å². The molecule has 0 bridgehead atoms. The van der Waals surface area contributed by atoms with Gasteiger partial charge in [0.05, 0.1) is 11.3 Å². The van der Waals surface area contributed by atoms with Gasteiger partial charge in [0.1, 0.15) is 0 Å². The van der Waals surface area contributed by atoms with E-state index in [0.29, 0.717) is 6.54 Å². The van der Waals surface area contributed by atoms with Crippen molar-refractivity contribution < 1.29 is 5.11 Å². The minimum Gasteiger partial charge on any atom is -0.388 e. The summed E-state index contributed by atoms with van der Waals surface area (Å²) >= 11 is 1.82. The van der Waals surface area contributed by atoms with Crippen LogP contribution in [0.5, 0.6) is 0 Å². The first-order chi connectivity index (χ1) is 7.20. The number of nitrogens with zero attached hydrogens (tertiary/aromatic N) is 2. The number of thioether (sulfide) groups is 1. The van der Waals surface area contributed by atoms with Crippen molar-refractivity contribution in [1.29, 1.82) is 0 Å². The van der Waals surface area contributed by atoms with Gasteiger partial charge in [0.15, 0.2) is 0 Å². The van der Waals surface area contributed by atoms with E-state index in [-0.39, 0.29) is 0 Å². The van der Waals surface area contributed by atoms with E-state index in [9.17, 15) is 5.11 Å². The molecular weight excluding hydrogens is 210 g/mol. The Hall–Kier alpha value is -0.520. The third-order valence-corrected chi connectivity index (χ3v) is 4.00. The predicted molar refractivity (Wildman–Crippen MR) is 61.8 cm³/mol. The molecule has 4 nitrogen and oxygen atoms in total. The second-order valence-electron chi connectivity index (χ2n) is 4.08. The molecule has 1 aliphatic heterocycles. The predicted octanol–water partition coefficient (Wildman–Crippen LogP) is 0.378. The Morgan fingerprint density at radius 3 is 3.20 bits per heavy atom. The topological polar surface area (TPSA) is 50.1 Å². The lowest BCUT2D eigenvalue weighted by Gasteiger charge is -2.21. The minimum absolute atomic E-state index is 0.497. The van der Waals surface area contributed by atoms with Gasteiger partial charge in [-0.2, -0.15) is 16.9 Å². The van der Waals surface area contributed by atoms with Crippen LogP contribution in [-0.4, -0.2) is 38.5 Å². The molecule has 15 heavy (non-hydrogen) atoms. The molecule has 1 fully saturated rings. The van der Waals surface area contributed by atoms with E-state index in [1.54, 1.807) is 6.20 Å². The average molecular weight is 227 g/mol. The normalized spacial score (nSPS) is 26.0. The van der Waals surface area contributed by atoms with E-state index >= 15 is 0 Å². The molecule has 2 heterocycles. The average Bonchev–Trinajstić information content (AvgIpc) is 2.78. The number of hydrogen-bond acceptors (Lipinski definition) is 4. The van der Waals surface area contributed by atoms with Crippen LogP contribution in [0, 0.1) is 0 Å². The van der Waals surface area contributed by atoms with Crippen LogP contribution in [0.2, 0.25) is 0 Å². The van der Waals surface area contributed by atoms with Gasteiger partial charge >= 0.3 is 0 Å². The molecule has 0 aromatic carbocycles. The van der Waals surface area contributed by atoms with Gasteiger partial charge in [-0.25, -0.2) is 0 Å². The maximum Gasteiger partial charge on any atom is 0.0869 e. The van der Waals surface area contributed by atoms with Crippen LogP contribution in [0.4, 0.5) is 0 Å². The number of aryl methyl sites for hydroxylation is 1. The Bertz CT molecular complexity index is 320. The molecule has 2 rings (SSSR count). The van der Waals surface area contributed by atoms with Crippen molar-refractivity contribution in [3.8, 4) is 0 Å². The summed E-state index contributed by atoms with van der Waals surface area (Å²) in [5, 5.41) is 17.5. The fraction of sp³-hybridized carbons (Fsp3) is 0.700. The van der Waals surface area contributed by atoms with Crippen molar-refractivity contribution in [3.63, 3.8) is 0 Å². The Labute approximate surface area is 94.1 Å². The fourth-order valence-electron chi connectivity index (χ4n) is 1.73. The summed E-state index contributed by atoms with van der Waals surface area (Å²) in [6, 6.07) is 1.99. The summed E-state index contributed by atoms with van der Waals surface area (Å²) < 4.78 is 1.85. The second-order valence-corrected chi connectivity index (χ2v) is 5.18. The van der Waals surface area contributed by atoms with Crippen LogP contribution in [-0.2, 0) is 13.6 Å². The molecule has 1 aromatic rings. The number of rotatable bonds is 4. The molecule has 1 aliphatic rings. The molecule has 1 unspecified atom stereocenters. The lowest BCUT2D eigenvalue weighted by Crippen LogP contribution is -2.40. The van der Waals surface area contributed by atoms with Crippen LogP contribution >= 0.6 is 11.8 Å². The molecule has 0 saturated carbocycles. The Morgan fingerprint density at radius 1 is 1.73 bits per heavy atom. The highest BCUT2D eigenvalue weighted by Gasteiger charge is 2.30. The first-order valence-electron chi connectivity index (χ1n) is 5.17. The van der Waals surface area contributed by atoms with Gasteiger partial charge in [0, 0.05) is 32.1 Å². The van der Waals surface area contributed by atoms with Gasteiger partial charge in [0.2, 0.25) is 0 Å². The van der Waals surface area contributed by atoms with E-state index in [1.807, 2.05) is 29.6 Å². The van der Waals surface area contributed by atoms with Gasteiger partial charge in [-0.3, -0.25) is 4.68 Å². The first-order valence-corrected chi connectivity index (χ1v) is 6.33. The Morgan fingerprint density at radius 2 is 2.60 bits per heavy atom. The first kappa shape index (κ1) is 11.0. The third kappa shape index (κ3) is 2.74. The molecular formula is C10H17N3OS. The van der Waals surface area contributed by atoms with Crippen LogP contribution in [0.3, 0.4) is 0 Å². The number of hydrogen-bond donors (Lipinski definition) is 2. The molecule has 0 aliphatic carbocycles. The van der Waals surface area contributed by atoms with E-state index in [2.05, 4.69) is 10.4 Å². The van der Waals surface area contributed by atoms with Gasteiger partial charge in [-0.05, 0) is 18.2 Å². The zero-order chi connectivity index (χ0) is 10.7. The maximum absolute atomic E-state index is 10.1. The highest BCUT2D eigenvalue weighted by atomic mass is 32.2. The van der Waals surface area contributed by atoms with Gasteiger partial charge in [-0.1, -0.05) is 0 Å². The molecule has 0 amide bonds. The smallest absolute Gasteiger partial charge is 0.0869 e. The van der Waals surface area contributed by atoms with Crippen molar-refractivity contribution in [2.24, 2.45) is 7.05 Å². The highest BCUT2D eigenvalue weighted by Crippen LogP contribution is 2.26. The van der Waals surface area contributed by atoms with Crippen molar-refractivity contribution in [2.75, 3.05) is 18.1 Å². The van der Waals surface area contributed by atoms with E-state index in [0.717, 1.165) is 30.2 Å². The van der Waals surface area contributed by atoms with Crippen LogP contribution in [0.25, 0.3) is 0 Å². The SMILES string of the molecule is Cn1nccc1CNCC1(O)CCSC1. The summed E-state index contributed by atoms with van der Waals surface area (Å²) in [6.45, 7) is 1.44. The molecule has 5 heteroatoms. The quantitative estimate of drug-likeness (QED) is 0.780. The Balaban J connectivity index is 1.77. The molecule has 84 valence electrons. The lowest BCUT2D eigenvalue weighted by atomic mass is 10.0. The summed E-state index contributed by atoms with van der Waals surface area (Å²) in [6.07, 6.45) is 2.69. The van der Waals surface area contributed by atoms with Crippen molar-refractivity contribution in [3.05, 3.63) is 18.0 Å². The largest absolute Gasteiger partial charge is 0.388 e. The van der Waals surface area contributed by atoms with Crippen LogP contribution in [0.1, 0.15) is 12.1 Å². The second kappa shape index (κ2) is 4.55. The highest BCUT2D eigenvalue weighted by molar-refractivity contribution is 7.99.